The smallest absolute Gasteiger partial charge is 0.207 e. The second-order valence-electron chi connectivity index (χ2n) is 2.57. The molecule has 0 saturated heterocycles. The highest BCUT2D eigenvalue weighted by atomic mass is 16.5. The van der Waals surface area contributed by atoms with Crippen LogP contribution in [0.4, 0.5) is 0 Å². The van der Waals surface area contributed by atoms with E-state index in [1.165, 1.54) is 12.4 Å². The van der Waals surface area contributed by atoms with Gasteiger partial charge in [0.1, 0.15) is 5.69 Å². The minimum atomic E-state index is -0.184. The number of rotatable bonds is 1. The second kappa shape index (κ2) is 2.84. The lowest BCUT2D eigenvalue weighted by molar-refractivity contribution is -0.613. The lowest BCUT2D eigenvalue weighted by Gasteiger charge is -2.04. The maximum atomic E-state index is 11.0. The standard InChI is InChI=1S/C7H11N3O/c1-5-3-9-7(6(2)8)4-10(5)11/h3-4,6H,8H2,1-2H3. The average Bonchev–Trinajstić information content (AvgIpc) is 1.94. The summed E-state index contributed by atoms with van der Waals surface area (Å²) in [5.41, 5.74) is 6.71. The van der Waals surface area contributed by atoms with Crippen LogP contribution in [0.15, 0.2) is 12.4 Å². The Labute approximate surface area is 65.3 Å². The van der Waals surface area contributed by atoms with Gasteiger partial charge in [0.2, 0.25) is 11.9 Å². The highest BCUT2D eigenvalue weighted by Gasteiger charge is 2.06. The van der Waals surface area contributed by atoms with E-state index >= 15 is 0 Å². The molecule has 0 saturated carbocycles. The fraction of sp³-hybridized carbons (Fsp3) is 0.429. The third-order valence-corrected chi connectivity index (χ3v) is 1.46. The molecule has 1 heterocycles. The molecule has 1 aromatic heterocycles. The van der Waals surface area contributed by atoms with Crippen LogP contribution in [0.2, 0.25) is 0 Å². The maximum absolute atomic E-state index is 11.0. The average molecular weight is 153 g/mol. The van der Waals surface area contributed by atoms with Crippen molar-refractivity contribution in [1.29, 1.82) is 0 Å². The van der Waals surface area contributed by atoms with Gasteiger partial charge < -0.3 is 10.9 Å². The fourth-order valence-electron chi connectivity index (χ4n) is 0.715. The molecule has 4 heteroatoms. The zero-order valence-electron chi connectivity index (χ0n) is 6.61. The van der Waals surface area contributed by atoms with Crippen molar-refractivity contribution in [3.05, 3.63) is 29.0 Å². The Morgan fingerprint density at radius 2 is 2.36 bits per heavy atom. The van der Waals surface area contributed by atoms with E-state index in [4.69, 9.17) is 5.73 Å². The van der Waals surface area contributed by atoms with E-state index in [1.54, 1.807) is 13.8 Å². The number of hydrogen-bond acceptors (Lipinski definition) is 3. The van der Waals surface area contributed by atoms with Gasteiger partial charge in [0.05, 0.1) is 12.2 Å². The summed E-state index contributed by atoms with van der Waals surface area (Å²) in [6.07, 6.45) is 2.92. The molecule has 1 atom stereocenters. The van der Waals surface area contributed by atoms with Crippen molar-refractivity contribution in [2.24, 2.45) is 5.73 Å². The molecule has 2 N–H and O–H groups in total. The molecular formula is C7H11N3O. The van der Waals surface area contributed by atoms with Crippen LogP contribution in [0, 0.1) is 12.1 Å². The highest BCUT2D eigenvalue weighted by Crippen LogP contribution is 2.01. The van der Waals surface area contributed by atoms with Gasteiger partial charge in [-0.25, -0.2) is 4.98 Å². The molecule has 0 aliphatic carbocycles. The number of nitrogens with zero attached hydrogens (tertiary/aromatic N) is 2. The van der Waals surface area contributed by atoms with Crippen molar-refractivity contribution in [1.82, 2.24) is 4.98 Å². The van der Waals surface area contributed by atoms with Gasteiger partial charge in [-0.2, -0.15) is 4.73 Å². The van der Waals surface area contributed by atoms with E-state index in [0.29, 0.717) is 11.4 Å². The van der Waals surface area contributed by atoms with Gasteiger partial charge in [0.25, 0.3) is 0 Å². The third kappa shape index (κ3) is 1.65. The van der Waals surface area contributed by atoms with E-state index < -0.39 is 0 Å². The summed E-state index contributed by atoms with van der Waals surface area (Å²) >= 11 is 0. The molecule has 0 radical (unpaired) electrons. The molecule has 0 aromatic carbocycles. The molecule has 0 amide bonds. The predicted octanol–water partition coefficient (Wildman–Crippen LogP) is 0.0431. The number of hydrogen-bond donors (Lipinski definition) is 1. The number of nitrogens with two attached hydrogens (primary N) is 1. The molecule has 1 rings (SSSR count). The van der Waals surface area contributed by atoms with Crippen LogP contribution in [-0.2, 0) is 0 Å². The normalized spacial score (nSPS) is 13.0. The van der Waals surface area contributed by atoms with Gasteiger partial charge in [-0.1, -0.05) is 0 Å². The van der Waals surface area contributed by atoms with Gasteiger partial charge in [-0.05, 0) is 6.92 Å². The van der Waals surface area contributed by atoms with Crippen molar-refractivity contribution >= 4 is 0 Å². The van der Waals surface area contributed by atoms with E-state index in [0.717, 1.165) is 4.73 Å². The van der Waals surface area contributed by atoms with Crippen molar-refractivity contribution in [2.75, 3.05) is 0 Å². The molecule has 0 aliphatic rings. The second-order valence-corrected chi connectivity index (χ2v) is 2.57. The molecular weight excluding hydrogens is 142 g/mol. The first-order valence-electron chi connectivity index (χ1n) is 3.42. The topological polar surface area (TPSA) is 65.8 Å². The first-order chi connectivity index (χ1) is 5.11. The number of aromatic nitrogens is 2. The Hall–Kier alpha value is -1.16. The van der Waals surface area contributed by atoms with Crippen LogP contribution in [-0.4, -0.2) is 4.98 Å². The molecule has 1 aromatic rings. The van der Waals surface area contributed by atoms with Gasteiger partial charge >= 0.3 is 0 Å². The highest BCUT2D eigenvalue weighted by molar-refractivity contribution is 4.98. The Morgan fingerprint density at radius 1 is 1.73 bits per heavy atom. The monoisotopic (exact) mass is 153 g/mol. The number of aryl methyl sites for hydroxylation is 1. The van der Waals surface area contributed by atoms with Crippen LogP contribution in [0.3, 0.4) is 0 Å². The van der Waals surface area contributed by atoms with Crippen LogP contribution in [0.25, 0.3) is 0 Å². The summed E-state index contributed by atoms with van der Waals surface area (Å²) < 4.78 is 0.770. The lowest BCUT2D eigenvalue weighted by atomic mass is 10.3. The summed E-state index contributed by atoms with van der Waals surface area (Å²) in [7, 11) is 0. The van der Waals surface area contributed by atoms with Gasteiger partial charge in [-0.15, -0.1) is 0 Å². The molecule has 0 bridgehead atoms. The summed E-state index contributed by atoms with van der Waals surface area (Å²) in [6.45, 7) is 3.49. The van der Waals surface area contributed by atoms with Crippen LogP contribution < -0.4 is 10.5 Å². The van der Waals surface area contributed by atoms with Gasteiger partial charge in [0, 0.05) is 6.92 Å². The quantitative estimate of drug-likeness (QED) is 0.457. The SMILES string of the molecule is Cc1cnc(C(C)N)c[n+]1[O-]. The Bertz CT molecular complexity index is 260. The summed E-state index contributed by atoms with van der Waals surface area (Å²) in [5.74, 6) is 0. The maximum Gasteiger partial charge on any atom is 0.207 e. The Balaban J connectivity index is 3.05. The molecule has 1 unspecified atom stereocenters. The molecule has 4 nitrogen and oxygen atoms in total. The molecule has 0 fully saturated rings. The first kappa shape index (κ1) is 7.94. The molecule has 60 valence electrons. The summed E-state index contributed by atoms with van der Waals surface area (Å²) in [5, 5.41) is 11.0. The van der Waals surface area contributed by atoms with Crippen LogP contribution in [0.1, 0.15) is 24.4 Å². The zero-order valence-corrected chi connectivity index (χ0v) is 6.61. The van der Waals surface area contributed by atoms with E-state index in [-0.39, 0.29) is 6.04 Å². The van der Waals surface area contributed by atoms with Gasteiger partial charge in [0.15, 0.2) is 0 Å². The Morgan fingerprint density at radius 3 is 2.82 bits per heavy atom. The summed E-state index contributed by atoms with van der Waals surface area (Å²) in [4.78, 5) is 3.99. The van der Waals surface area contributed by atoms with Crippen molar-refractivity contribution < 1.29 is 4.73 Å². The molecule has 11 heavy (non-hydrogen) atoms. The van der Waals surface area contributed by atoms with Crippen LogP contribution in [0.5, 0.6) is 0 Å². The van der Waals surface area contributed by atoms with Crippen molar-refractivity contribution in [3.63, 3.8) is 0 Å². The largest absolute Gasteiger partial charge is 0.618 e. The Kier molecular flexibility index (Phi) is 2.05. The van der Waals surface area contributed by atoms with Crippen molar-refractivity contribution in [3.8, 4) is 0 Å². The fourth-order valence-corrected chi connectivity index (χ4v) is 0.715. The molecule has 0 aliphatic heterocycles. The third-order valence-electron chi connectivity index (χ3n) is 1.46. The van der Waals surface area contributed by atoms with Crippen LogP contribution >= 0.6 is 0 Å². The first-order valence-corrected chi connectivity index (χ1v) is 3.42. The summed E-state index contributed by atoms with van der Waals surface area (Å²) in [6, 6.07) is -0.184. The zero-order chi connectivity index (χ0) is 8.43. The van der Waals surface area contributed by atoms with Crippen molar-refractivity contribution in [2.45, 2.75) is 19.9 Å². The predicted molar refractivity (Wildman–Crippen MR) is 40.5 cm³/mol. The van der Waals surface area contributed by atoms with Gasteiger partial charge in [-0.3, -0.25) is 0 Å². The minimum absolute atomic E-state index is 0.184. The molecule has 0 spiro atoms. The van der Waals surface area contributed by atoms with E-state index in [1.807, 2.05) is 0 Å². The van der Waals surface area contributed by atoms with E-state index in [2.05, 4.69) is 4.98 Å². The van der Waals surface area contributed by atoms with E-state index in [9.17, 15) is 5.21 Å². The lowest BCUT2D eigenvalue weighted by Crippen LogP contribution is -2.31. The minimum Gasteiger partial charge on any atom is -0.618 e.